The zero-order chi connectivity index (χ0) is 24.4. The van der Waals surface area contributed by atoms with Crippen molar-refractivity contribution < 1.29 is 17.6 Å². The number of aromatic nitrogens is 1. The van der Waals surface area contributed by atoms with Gasteiger partial charge < -0.3 is 4.42 Å². The van der Waals surface area contributed by atoms with Gasteiger partial charge in [-0.2, -0.15) is 0 Å². The van der Waals surface area contributed by atoms with Crippen LogP contribution in [0.1, 0.15) is 21.7 Å². The number of nitrogens with zero attached hydrogens (tertiary/aromatic N) is 2. The van der Waals surface area contributed by atoms with Gasteiger partial charge in [0.1, 0.15) is 5.82 Å². The molecule has 7 heteroatoms. The number of hydrogen-bond donors (Lipinski definition) is 0. The van der Waals surface area contributed by atoms with E-state index in [0.717, 1.165) is 21.9 Å². The molecule has 0 spiro atoms. The summed E-state index contributed by atoms with van der Waals surface area (Å²) in [5.74, 6) is -0.131. The highest BCUT2D eigenvalue weighted by Gasteiger charge is 2.27. The van der Waals surface area contributed by atoms with Gasteiger partial charge in [0.15, 0.2) is 5.76 Å². The maximum absolute atomic E-state index is 13.6. The number of hydrogen-bond acceptors (Lipinski definition) is 5. The highest BCUT2D eigenvalue weighted by Crippen LogP contribution is 2.27. The second-order valence-corrected chi connectivity index (χ2v) is 10.0. The van der Waals surface area contributed by atoms with E-state index in [9.17, 15) is 13.2 Å². The van der Waals surface area contributed by atoms with E-state index in [-0.39, 0.29) is 22.3 Å². The summed E-state index contributed by atoms with van der Waals surface area (Å²) in [5.41, 5.74) is 1.87. The lowest BCUT2D eigenvalue weighted by atomic mass is 10.0. The molecule has 0 saturated carbocycles. The summed E-state index contributed by atoms with van der Waals surface area (Å²) in [4.78, 5) is 19.6. The summed E-state index contributed by atoms with van der Waals surface area (Å²) in [6.45, 7) is 2.11. The van der Waals surface area contributed by atoms with Crippen LogP contribution in [0, 0.1) is 6.92 Å². The Bertz CT molecular complexity index is 1600. The van der Waals surface area contributed by atoms with Gasteiger partial charge in [0.25, 0.3) is 5.91 Å². The lowest BCUT2D eigenvalue weighted by molar-refractivity contribution is 0.0952. The molecular formula is C28H22N2O4S. The predicted octanol–water partition coefficient (Wildman–Crippen LogP) is 5.82. The molecule has 0 fully saturated rings. The lowest BCUT2D eigenvalue weighted by Crippen LogP contribution is -2.31. The van der Waals surface area contributed by atoms with Gasteiger partial charge in [0.05, 0.1) is 11.4 Å². The van der Waals surface area contributed by atoms with E-state index in [2.05, 4.69) is 4.98 Å². The maximum atomic E-state index is 13.6. The lowest BCUT2D eigenvalue weighted by Gasteiger charge is -2.21. The Kier molecular flexibility index (Phi) is 5.93. The van der Waals surface area contributed by atoms with E-state index in [1.807, 2.05) is 49.4 Å². The molecule has 0 aliphatic rings. The van der Waals surface area contributed by atoms with Gasteiger partial charge in [-0.3, -0.25) is 9.69 Å². The van der Waals surface area contributed by atoms with Gasteiger partial charge in [-0.15, -0.1) is 0 Å². The van der Waals surface area contributed by atoms with Crippen molar-refractivity contribution in [1.29, 1.82) is 0 Å². The second kappa shape index (κ2) is 9.19. The molecule has 0 radical (unpaired) electrons. The molecule has 0 aliphatic heterocycles. The molecular weight excluding hydrogens is 460 g/mol. The molecule has 2 heterocycles. The number of furan rings is 1. The highest BCUT2D eigenvalue weighted by atomic mass is 32.2. The molecule has 0 saturated heterocycles. The first kappa shape index (κ1) is 22.6. The number of anilines is 1. The number of pyridine rings is 1. The summed E-state index contributed by atoms with van der Waals surface area (Å²) in [6, 6.07) is 28.3. The zero-order valence-corrected chi connectivity index (χ0v) is 19.8. The first-order valence-corrected chi connectivity index (χ1v) is 12.5. The normalized spacial score (nSPS) is 11.5. The number of fused-ring (bicyclic) bond motifs is 1. The second-order valence-electron chi connectivity index (χ2n) is 8.15. The summed E-state index contributed by atoms with van der Waals surface area (Å²) >= 11 is 0. The monoisotopic (exact) mass is 482 g/mol. The fourth-order valence-electron chi connectivity index (χ4n) is 3.92. The molecule has 3 aromatic carbocycles. The molecule has 5 rings (SSSR count). The van der Waals surface area contributed by atoms with Crippen LogP contribution >= 0.6 is 0 Å². The summed E-state index contributed by atoms with van der Waals surface area (Å²) < 4.78 is 31.7. The average molecular weight is 483 g/mol. The Morgan fingerprint density at radius 3 is 2.37 bits per heavy atom. The zero-order valence-electron chi connectivity index (χ0n) is 19.0. The smallest absolute Gasteiger partial charge is 0.295 e. The van der Waals surface area contributed by atoms with E-state index in [4.69, 9.17) is 4.42 Å². The molecule has 174 valence electrons. The van der Waals surface area contributed by atoms with Gasteiger partial charge >= 0.3 is 0 Å². The quantitative estimate of drug-likeness (QED) is 0.305. The highest BCUT2D eigenvalue weighted by molar-refractivity contribution is 7.91. The molecule has 35 heavy (non-hydrogen) atoms. The van der Waals surface area contributed by atoms with E-state index in [0.29, 0.717) is 5.82 Å². The van der Waals surface area contributed by atoms with E-state index in [1.165, 1.54) is 29.2 Å². The number of sulfone groups is 1. The van der Waals surface area contributed by atoms with Crippen molar-refractivity contribution in [3.8, 4) is 0 Å². The minimum Gasteiger partial charge on any atom is -0.439 e. The molecule has 1 amide bonds. The largest absolute Gasteiger partial charge is 0.439 e. The Morgan fingerprint density at radius 1 is 0.857 bits per heavy atom. The van der Waals surface area contributed by atoms with Crippen LogP contribution in [-0.4, -0.2) is 19.3 Å². The molecule has 0 unspecified atom stereocenters. The number of amides is 1. The fraction of sp³-hybridized carbons (Fsp3) is 0.0714. The van der Waals surface area contributed by atoms with Crippen molar-refractivity contribution in [2.45, 2.75) is 23.5 Å². The Morgan fingerprint density at radius 2 is 1.60 bits per heavy atom. The Labute approximate surface area is 203 Å². The molecule has 5 aromatic rings. The standard InChI is InChI=1S/C28H22N2O4S/c1-20-12-14-23(15-13-20)35(32,33)27-17-16-25(34-27)28(31)30(26-11-4-5-18-29-26)19-22-9-6-8-21-7-2-3-10-24(21)22/h2-18H,19H2,1H3. The Balaban J connectivity index is 1.52. The van der Waals surface area contributed by atoms with Crippen LogP contribution < -0.4 is 4.90 Å². The van der Waals surface area contributed by atoms with E-state index >= 15 is 0 Å². The first-order chi connectivity index (χ1) is 16.9. The predicted molar refractivity (Wildman–Crippen MR) is 134 cm³/mol. The number of aryl methyl sites for hydroxylation is 1. The molecule has 0 bridgehead atoms. The van der Waals surface area contributed by atoms with Crippen molar-refractivity contribution in [2.24, 2.45) is 0 Å². The van der Waals surface area contributed by atoms with Gasteiger partial charge in [-0.1, -0.05) is 66.2 Å². The average Bonchev–Trinajstić information content (AvgIpc) is 3.39. The van der Waals surface area contributed by atoms with Gasteiger partial charge in [0, 0.05) is 6.20 Å². The van der Waals surface area contributed by atoms with Crippen molar-refractivity contribution in [3.63, 3.8) is 0 Å². The minimum atomic E-state index is -3.90. The van der Waals surface area contributed by atoms with Crippen LogP contribution in [0.15, 0.2) is 118 Å². The van der Waals surface area contributed by atoms with E-state index < -0.39 is 15.7 Å². The maximum Gasteiger partial charge on any atom is 0.295 e. The fourth-order valence-corrected chi connectivity index (χ4v) is 5.09. The SMILES string of the molecule is Cc1ccc(S(=O)(=O)c2ccc(C(=O)N(Cc3cccc4ccccc34)c3ccccn3)o2)cc1. The van der Waals surface area contributed by atoms with Gasteiger partial charge in [-0.05, 0) is 59.7 Å². The molecule has 0 N–H and O–H groups in total. The molecule has 6 nitrogen and oxygen atoms in total. The van der Waals surface area contributed by atoms with Crippen molar-refractivity contribution in [2.75, 3.05) is 4.90 Å². The van der Waals surface area contributed by atoms with Crippen LogP contribution in [0.5, 0.6) is 0 Å². The van der Waals surface area contributed by atoms with Crippen molar-refractivity contribution in [3.05, 3.63) is 120 Å². The van der Waals surface area contributed by atoms with E-state index in [1.54, 1.807) is 36.5 Å². The number of carbonyl (C=O) groups is 1. The van der Waals surface area contributed by atoms with Crippen LogP contribution in [0.2, 0.25) is 0 Å². The third-order valence-electron chi connectivity index (χ3n) is 5.77. The Hall–Kier alpha value is -4.23. The van der Waals surface area contributed by atoms with Crippen LogP contribution in [0.3, 0.4) is 0 Å². The number of carbonyl (C=O) groups excluding carboxylic acids is 1. The number of rotatable bonds is 6. The van der Waals surface area contributed by atoms with Crippen molar-refractivity contribution in [1.82, 2.24) is 4.98 Å². The summed E-state index contributed by atoms with van der Waals surface area (Å²) in [7, 11) is -3.90. The van der Waals surface area contributed by atoms with Gasteiger partial charge in [-0.25, -0.2) is 13.4 Å². The molecule has 2 aromatic heterocycles. The number of benzene rings is 3. The van der Waals surface area contributed by atoms with Crippen LogP contribution in [0.25, 0.3) is 10.8 Å². The third-order valence-corrected chi connectivity index (χ3v) is 7.41. The molecule has 0 atom stereocenters. The van der Waals surface area contributed by atoms with Crippen molar-refractivity contribution >= 4 is 32.3 Å². The third kappa shape index (κ3) is 4.46. The minimum absolute atomic E-state index is 0.0819. The first-order valence-electron chi connectivity index (χ1n) is 11.0. The topological polar surface area (TPSA) is 80.5 Å². The summed E-state index contributed by atoms with van der Waals surface area (Å²) in [5, 5.41) is 1.80. The van der Waals surface area contributed by atoms with Gasteiger partial charge in [0.2, 0.25) is 14.9 Å². The van der Waals surface area contributed by atoms with Crippen LogP contribution in [0.4, 0.5) is 5.82 Å². The summed E-state index contributed by atoms with van der Waals surface area (Å²) in [6.07, 6.45) is 1.61. The van der Waals surface area contributed by atoms with Crippen LogP contribution in [-0.2, 0) is 16.4 Å². The molecule has 0 aliphatic carbocycles.